The van der Waals surface area contributed by atoms with Gasteiger partial charge in [-0.3, -0.25) is 0 Å². The van der Waals surface area contributed by atoms with E-state index in [2.05, 4.69) is 31.3 Å². The fourth-order valence-electron chi connectivity index (χ4n) is 1.15. The van der Waals surface area contributed by atoms with E-state index in [1.807, 2.05) is 0 Å². The molecule has 0 aromatic rings. The van der Waals surface area contributed by atoms with Gasteiger partial charge in [-0.15, -0.1) is 12.6 Å². The fourth-order valence-corrected chi connectivity index (χ4v) is 1.52. The molecule has 0 unspecified atom stereocenters. The van der Waals surface area contributed by atoms with Crippen molar-refractivity contribution in [3.8, 4) is 0 Å². The van der Waals surface area contributed by atoms with E-state index >= 15 is 0 Å². The van der Waals surface area contributed by atoms with Gasteiger partial charge in [0, 0.05) is 4.91 Å². The predicted molar refractivity (Wildman–Crippen MR) is 52.6 cm³/mol. The number of allylic oxidation sites excluding steroid dienone is 2. The Morgan fingerprint density at radius 3 is 2.80 bits per heavy atom. The van der Waals surface area contributed by atoms with Crippen LogP contribution in [-0.2, 0) is 0 Å². The summed E-state index contributed by atoms with van der Waals surface area (Å²) >= 11 is 8.34. The average molecular weight is 172 g/mol. The van der Waals surface area contributed by atoms with Gasteiger partial charge in [-0.2, -0.15) is 12.6 Å². The molecular formula is C8H12S2. The van der Waals surface area contributed by atoms with Crippen LogP contribution in [0, 0.1) is 0 Å². The Morgan fingerprint density at radius 1 is 1.50 bits per heavy atom. The summed E-state index contributed by atoms with van der Waals surface area (Å²) in [5.74, 6) is 0. The molecule has 1 aliphatic carbocycles. The molecule has 0 saturated heterocycles. The summed E-state index contributed by atoms with van der Waals surface area (Å²) < 4.78 is 0. The quantitative estimate of drug-likeness (QED) is 0.558. The molecule has 0 aromatic carbocycles. The Kier molecular flexibility index (Phi) is 3.43. The molecule has 0 nitrogen and oxygen atoms in total. The first-order valence-corrected chi connectivity index (χ1v) is 4.53. The summed E-state index contributed by atoms with van der Waals surface area (Å²) in [7, 11) is 0. The van der Waals surface area contributed by atoms with Gasteiger partial charge < -0.3 is 0 Å². The first-order valence-electron chi connectivity index (χ1n) is 3.57. The normalized spacial score (nSPS) is 20.6. The van der Waals surface area contributed by atoms with E-state index in [1.54, 1.807) is 5.41 Å². The Balaban J connectivity index is 2.62. The minimum atomic E-state index is 1.03. The summed E-state index contributed by atoms with van der Waals surface area (Å²) in [4.78, 5) is 1.03. The van der Waals surface area contributed by atoms with Crippen LogP contribution in [-0.4, -0.2) is 0 Å². The molecule has 2 heteroatoms. The Morgan fingerprint density at radius 2 is 2.30 bits per heavy atom. The van der Waals surface area contributed by atoms with Crippen LogP contribution in [0.25, 0.3) is 0 Å². The highest BCUT2D eigenvalue weighted by Crippen LogP contribution is 2.25. The molecule has 0 radical (unpaired) electrons. The topological polar surface area (TPSA) is 0 Å². The third-order valence-electron chi connectivity index (χ3n) is 1.74. The summed E-state index contributed by atoms with van der Waals surface area (Å²) in [6.07, 6.45) is 7.28. The van der Waals surface area contributed by atoms with Gasteiger partial charge in [0.1, 0.15) is 0 Å². The van der Waals surface area contributed by atoms with Gasteiger partial charge in [-0.25, -0.2) is 0 Å². The molecule has 56 valence electrons. The summed E-state index contributed by atoms with van der Waals surface area (Å²) in [5, 5.41) is 1.76. The smallest absolute Gasteiger partial charge is 0.0129 e. The summed E-state index contributed by atoms with van der Waals surface area (Å²) in [6.45, 7) is 0. The van der Waals surface area contributed by atoms with Crippen molar-refractivity contribution < 1.29 is 0 Å². The highest BCUT2D eigenvalue weighted by atomic mass is 32.1. The van der Waals surface area contributed by atoms with Crippen LogP contribution in [0.15, 0.2) is 22.0 Å². The van der Waals surface area contributed by atoms with E-state index < -0.39 is 0 Å². The standard InChI is InChI=1S/C8H12S2/c9-6-8(10)7-4-2-1-3-5-7/h4,6,9-10H,1-3,5H2/b8-6-. The van der Waals surface area contributed by atoms with Crippen molar-refractivity contribution in [2.24, 2.45) is 0 Å². The van der Waals surface area contributed by atoms with Crippen LogP contribution >= 0.6 is 25.3 Å². The van der Waals surface area contributed by atoms with Crippen LogP contribution in [0.5, 0.6) is 0 Å². The van der Waals surface area contributed by atoms with Crippen LogP contribution in [0.2, 0.25) is 0 Å². The van der Waals surface area contributed by atoms with Crippen molar-refractivity contribution in [3.63, 3.8) is 0 Å². The minimum absolute atomic E-state index is 1.03. The highest BCUT2D eigenvalue weighted by molar-refractivity contribution is 7.88. The lowest BCUT2D eigenvalue weighted by atomic mass is 10.00. The van der Waals surface area contributed by atoms with Crippen molar-refractivity contribution in [2.75, 3.05) is 0 Å². The molecule has 0 heterocycles. The van der Waals surface area contributed by atoms with Crippen LogP contribution in [0.4, 0.5) is 0 Å². The van der Waals surface area contributed by atoms with Gasteiger partial charge in [0.15, 0.2) is 0 Å². The van der Waals surface area contributed by atoms with Gasteiger partial charge in [0.25, 0.3) is 0 Å². The molecule has 0 aromatic heterocycles. The van der Waals surface area contributed by atoms with Gasteiger partial charge in [0.05, 0.1) is 0 Å². The molecule has 0 aliphatic heterocycles. The molecule has 0 bridgehead atoms. The summed E-state index contributed by atoms with van der Waals surface area (Å²) in [6, 6.07) is 0. The molecule has 0 fully saturated rings. The van der Waals surface area contributed by atoms with E-state index in [0.717, 1.165) is 4.91 Å². The molecule has 0 atom stereocenters. The molecule has 1 rings (SSSR count). The van der Waals surface area contributed by atoms with E-state index in [4.69, 9.17) is 0 Å². The second-order valence-electron chi connectivity index (χ2n) is 2.49. The Bertz CT molecular complexity index is 168. The Hall–Kier alpha value is 0.180. The van der Waals surface area contributed by atoms with Crippen molar-refractivity contribution >= 4 is 25.3 Å². The highest BCUT2D eigenvalue weighted by Gasteiger charge is 2.04. The largest absolute Gasteiger partial charge is 0.150 e. The number of hydrogen-bond donors (Lipinski definition) is 2. The second kappa shape index (κ2) is 4.14. The van der Waals surface area contributed by atoms with E-state index in [9.17, 15) is 0 Å². The second-order valence-corrected chi connectivity index (χ2v) is 3.23. The average Bonchev–Trinajstić information content (AvgIpc) is 2.05. The van der Waals surface area contributed by atoms with E-state index in [1.165, 1.54) is 31.3 Å². The fraction of sp³-hybridized carbons (Fsp3) is 0.500. The third-order valence-corrected chi connectivity index (χ3v) is 2.62. The maximum Gasteiger partial charge on any atom is 0.0129 e. The molecule has 10 heavy (non-hydrogen) atoms. The van der Waals surface area contributed by atoms with Crippen molar-refractivity contribution in [3.05, 3.63) is 22.0 Å². The molecule has 0 N–H and O–H groups in total. The molecule has 0 spiro atoms. The maximum absolute atomic E-state index is 4.29. The zero-order chi connectivity index (χ0) is 7.40. The van der Waals surface area contributed by atoms with Gasteiger partial charge in [-0.1, -0.05) is 6.08 Å². The maximum atomic E-state index is 4.29. The predicted octanol–water partition coefficient (Wildman–Crippen LogP) is 3.19. The third kappa shape index (κ3) is 2.10. The van der Waals surface area contributed by atoms with Crippen LogP contribution in [0.1, 0.15) is 25.7 Å². The first kappa shape index (κ1) is 8.28. The van der Waals surface area contributed by atoms with Crippen molar-refractivity contribution in [1.29, 1.82) is 0 Å². The SMILES string of the molecule is S/C=C(\S)C1=CCCCC1. The van der Waals surface area contributed by atoms with Crippen molar-refractivity contribution in [1.82, 2.24) is 0 Å². The van der Waals surface area contributed by atoms with Gasteiger partial charge >= 0.3 is 0 Å². The zero-order valence-electron chi connectivity index (χ0n) is 5.88. The van der Waals surface area contributed by atoms with E-state index in [-0.39, 0.29) is 0 Å². The number of rotatable bonds is 1. The van der Waals surface area contributed by atoms with Gasteiger partial charge in [0.2, 0.25) is 0 Å². The van der Waals surface area contributed by atoms with E-state index in [0.29, 0.717) is 0 Å². The first-order chi connectivity index (χ1) is 4.84. The monoisotopic (exact) mass is 172 g/mol. The lowest BCUT2D eigenvalue weighted by Gasteiger charge is -2.11. The minimum Gasteiger partial charge on any atom is -0.150 e. The lowest BCUT2D eigenvalue weighted by molar-refractivity contribution is 0.711. The molecule has 1 aliphatic rings. The van der Waals surface area contributed by atoms with Crippen molar-refractivity contribution in [2.45, 2.75) is 25.7 Å². The van der Waals surface area contributed by atoms with Crippen LogP contribution < -0.4 is 0 Å². The summed E-state index contributed by atoms with van der Waals surface area (Å²) in [5.41, 5.74) is 1.37. The molecule has 0 saturated carbocycles. The number of thiol groups is 2. The molecule has 0 amide bonds. The zero-order valence-corrected chi connectivity index (χ0v) is 7.67. The van der Waals surface area contributed by atoms with Gasteiger partial charge in [-0.05, 0) is 36.7 Å². The Labute approximate surface area is 73.2 Å². The molecular weight excluding hydrogens is 160 g/mol. The number of hydrogen-bond acceptors (Lipinski definition) is 2. The lowest BCUT2D eigenvalue weighted by Crippen LogP contribution is -1.90. The van der Waals surface area contributed by atoms with Crippen LogP contribution in [0.3, 0.4) is 0 Å².